The standard InChI is InChI=1S/C10H10ClF3N2O3/c11-4-7(17)5-15-8-2-1-6(10(12,13)14)3-9(8)16(18)19/h1-3,7,15,17H,4-5H2. The molecular weight excluding hydrogens is 289 g/mol. The lowest BCUT2D eigenvalue weighted by Crippen LogP contribution is -2.21. The first kappa shape index (κ1) is 15.5. The van der Waals surface area contributed by atoms with Gasteiger partial charge in [-0.3, -0.25) is 10.1 Å². The van der Waals surface area contributed by atoms with Crippen molar-refractivity contribution >= 4 is 23.0 Å². The van der Waals surface area contributed by atoms with Gasteiger partial charge in [0.25, 0.3) is 5.69 Å². The zero-order valence-corrected chi connectivity index (χ0v) is 10.2. The number of nitrogens with one attached hydrogen (secondary N) is 1. The van der Waals surface area contributed by atoms with Crippen LogP contribution in [-0.4, -0.2) is 28.6 Å². The van der Waals surface area contributed by atoms with Crippen molar-refractivity contribution in [2.24, 2.45) is 0 Å². The molecule has 0 aromatic heterocycles. The third-order valence-electron chi connectivity index (χ3n) is 2.23. The summed E-state index contributed by atoms with van der Waals surface area (Å²) in [5.74, 6) is -0.0958. The second-order valence-electron chi connectivity index (χ2n) is 3.68. The molecule has 0 spiro atoms. The van der Waals surface area contributed by atoms with E-state index >= 15 is 0 Å². The highest BCUT2D eigenvalue weighted by Crippen LogP contribution is 2.34. The molecule has 1 rings (SSSR count). The van der Waals surface area contributed by atoms with Gasteiger partial charge in [-0.2, -0.15) is 13.2 Å². The Morgan fingerprint density at radius 1 is 1.47 bits per heavy atom. The van der Waals surface area contributed by atoms with Crippen LogP contribution < -0.4 is 5.32 Å². The molecular formula is C10H10ClF3N2O3. The predicted octanol–water partition coefficient (Wildman–Crippen LogP) is 2.63. The molecule has 1 aromatic rings. The number of nitro groups is 1. The van der Waals surface area contributed by atoms with E-state index in [1.165, 1.54) is 0 Å². The van der Waals surface area contributed by atoms with Crippen molar-refractivity contribution in [2.45, 2.75) is 12.3 Å². The Labute approximate surface area is 111 Å². The number of aliphatic hydroxyl groups is 1. The number of hydrogen-bond donors (Lipinski definition) is 2. The first-order valence-electron chi connectivity index (χ1n) is 5.09. The molecule has 1 aromatic carbocycles. The average Bonchev–Trinajstić information content (AvgIpc) is 2.34. The molecule has 1 unspecified atom stereocenters. The lowest BCUT2D eigenvalue weighted by Gasteiger charge is -2.12. The summed E-state index contributed by atoms with van der Waals surface area (Å²) < 4.78 is 37.3. The number of rotatable bonds is 5. The highest BCUT2D eigenvalue weighted by atomic mass is 35.5. The molecule has 5 nitrogen and oxygen atoms in total. The summed E-state index contributed by atoms with van der Waals surface area (Å²) in [5, 5.41) is 22.4. The molecule has 0 amide bonds. The van der Waals surface area contributed by atoms with Crippen molar-refractivity contribution in [2.75, 3.05) is 17.7 Å². The third kappa shape index (κ3) is 4.25. The van der Waals surface area contributed by atoms with Gasteiger partial charge in [0.15, 0.2) is 0 Å². The first-order chi connectivity index (χ1) is 8.75. The molecule has 19 heavy (non-hydrogen) atoms. The van der Waals surface area contributed by atoms with Crippen molar-refractivity contribution in [1.29, 1.82) is 0 Å². The van der Waals surface area contributed by atoms with Crippen molar-refractivity contribution in [1.82, 2.24) is 0 Å². The molecule has 0 heterocycles. The summed E-state index contributed by atoms with van der Waals surface area (Å²) in [7, 11) is 0. The zero-order valence-electron chi connectivity index (χ0n) is 9.45. The van der Waals surface area contributed by atoms with E-state index in [9.17, 15) is 28.4 Å². The van der Waals surface area contributed by atoms with Gasteiger partial charge in [-0.05, 0) is 12.1 Å². The topological polar surface area (TPSA) is 75.4 Å². The quantitative estimate of drug-likeness (QED) is 0.498. The Hall–Kier alpha value is -1.54. The van der Waals surface area contributed by atoms with E-state index in [1.54, 1.807) is 0 Å². The monoisotopic (exact) mass is 298 g/mol. The Kier molecular flexibility index (Phi) is 4.96. The molecule has 0 aliphatic carbocycles. The first-order valence-corrected chi connectivity index (χ1v) is 5.62. The van der Waals surface area contributed by atoms with Crippen LogP contribution in [0.5, 0.6) is 0 Å². The maximum atomic E-state index is 12.4. The maximum Gasteiger partial charge on any atom is 0.416 e. The van der Waals surface area contributed by atoms with Crippen LogP contribution in [0.25, 0.3) is 0 Å². The molecule has 1 atom stereocenters. The van der Waals surface area contributed by atoms with Crippen LogP contribution in [0.1, 0.15) is 5.56 Å². The largest absolute Gasteiger partial charge is 0.416 e. The van der Waals surface area contributed by atoms with Gasteiger partial charge in [0.1, 0.15) is 5.69 Å². The number of halogens is 4. The Morgan fingerprint density at radius 3 is 2.58 bits per heavy atom. The summed E-state index contributed by atoms with van der Waals surface area (Å²) in [6, 6.07) is 2.11. The molecule has 0 aliphatic heterocycles. The fraction of sp³-hybridized carbons (Fsp3) is 0.400. The SMILES string of the molecule is O=[N+]([O-])c1cc(C(F)(F)F)ccc1NCC(O)CCl. The summed E-state index contributed by atoms with van der Waals surface area (Å²) in [6.45, 7) is -0.101. The number of anilines is 1. The second-order valence-corrected chi connectivity index (χ2v) is 3.98. The second kappa shape index (κ2) is 6.07. The predicted molar refractivity (Wildman–Crippen MR) is 63.3 cm³/mol. The van der Waals surface area contributed by atoms with E-state index in [-0.39, 0.29) is 18.1 Å². The van der Waals surface area contributed by atoms with Crippen LogP contribution in [0.15, 0.2) is 18.2 Å². The van der Waals surface area contributed by atoms with Gasteiger partial charge in [-0.15, -0.1) is 11.6 Å². The van der Waals surface area contributed by atoms with Crippen LogP contribution >= 0.6 is 11.6 Å². The van der Waals surface area contributed by atoms with Crippen LogP contribution in [0, 0.1) is 10.1 Å². The highest BCUT2D eigenvalue weighted by Gasteiger charge is 2.33. The minimum atomic E-state index is -4.65. The summed E-state index contributed by atoms with van der Waals surface area (Å²) in [4.78, 5) is 9.80. The van der Waals surface area contributed by atoms with Crippen LogP contribution in [0.2, 0.25) is 0 Å². The lowest BCUT2D eigenvalue weighted by atomic mass is 10.1. The molecule has 9 heteroatoms. The zero-order chi connectivity index (χ0) is 14.6. The van der Waals surface area contributed by atoms with Crippen LogP contribution in [0.4, 0.5) is 24.5 Å². The summed E-state index contributed by atoms with van der Waals surface area (Å²) >= 11 is 5.33. The summed E-state index contributed by atoms with van der Waals surface area (Å²) in [6.07, 6.45) is -5.61. The average molecular weight is 299 g/mol. The minimum Gasteiger partial charge on any atom is -0.390 e. The number of nitro benzene ring substituents is 1. The van der Waals surface area contributed by atoms with Gasteiger partial charge >= 0.3 is 6.18 Å². The van der Waals surface area contributed by atoms with Gasteiger partial charge in [0.05, 0.1) is 22.5 Å². The molecule has 2 N–H and O–H groups in total. The van der Waals surface area contributed by atoms with E-state index in [0.29, 0.717) is 6.07 Å². The molecule has 0 bridgehead atoms. The van der Waals surface area contributed by atoms with Crippen LogP contribution in [0.3, 0.4) is 0 Å². The minimum absolute atomic E-state index is 0.0958. The Morgan fingerprint density at radius 2 is 2.11 bits per heavy atom. The molecule has 0 saturated heterocycles. The van der Waals surface area contributed by atoms with E-state index in [4.69, 9.17) is 11.6 Å². The van der Waals surface area contributed by atoms with Crippen LogP contribution in [-0.2, 0) is 6.18 Å². The molecule has 0 saturated carbocycles. The highest BCUT2D eigenvalue weighted by molar-refractivity contribution is 6.18. The maximum absolute atomic E-state index is 12.4. The fourth-order valence-corrected chi connectivity index (χ4v) is 1.40. The number of alkyl halides is 4. The van der Waals surface area contributed by atoms with Gasteiger partial charge in [-0.25, -0.2) is 0 Å². The molecule has 106 valence electrons. The normalized spacial score (nSPS) is 13.1. The summed E-state index contributed by atoms with van der Waals surface area (Å²) in [5.41, 5.74) is -1.93. The van der Waals surface area contributed by atoms with Gasteiger partial charge < -0.3 is 10.4 Å². The fourth-order valence-electron chi connectivity index (χ4n) is 1.29. The van der Waals surface area contributed by atoms with E-state index in [0.717, 1.165) is 12.1 Å². The van der Waals surface area contributed by atoms with E-state index < -0.39 is 28.5 Å². The third-order valence-corrected chi connectivity index (χ3v) is 2.58. The molecule has 0 fully saturated rings. The van der Waals surface area contributed by atoms with E-state index in [1.807, 2.05) is 0 Å². The number of benzene rings is 1. The lowest BCUT2D eigenvalue weighted by molar-refractivity contribution is -0.384. The Balaban J connectivity index is 3.02. The van der Waals surface area contributed by atoms with Crippen molar-refractivity contribution in [3.8, 4) is 0 Å². The van der Waals surface area contributed by atoms with Gasteiger partial charge in [0, 0.05) is 12.6 Å². The van der Waals surface area contributed by atoms with Crippen molar-refractivity contribution in [3.05, 3.63) is 33.9 Å². The van der Waals surface area contributed by atoms with Gasteiger partial charge in [-0.1, -0.05) is 0 Å². The van der Waals surface area contributed by atoms with E-state index in [2.05, 4.69) is 5.32 Å². The molecule has 0 radical (unpaired) electrons. The smallest absolute Gasteiger partial charge is 0.390 e. The number of hydrogen-bond acceptors (Lipinski definition) is 4. The van der Waals surface area contributed by atoms with Gasteiger partial charge in [0.2, 0.25) is 0 Å². The number of nitrogens with zero attached hydrogens (tertiary/aromatic N) is 1. The number of aliphatic hydroxyl groups excluding tert-OH is 1. The van der Waals surface area contributed by atoms with Crippen molar-refractivity contribution in [3.63, 3.8) is 0 Å². The van der Waals surface area contributed by atoms with Crippen molar-refractivity contribution < 1.29 is 23.2 Å². The Bertz CT molecular complexity index is 468. The molecule has 0 aliphatic rings.